The molecular weight excluding hydrogens is 252 g/mol. The Bertz CT molecular complexity index is 460. The van der Waals surface area contributed by atoms with Crippen molar-refractivity contribution in [2.75, 3.05) is 13.6 Å². The third kappa shape index (κ3) is 3.73. The molecule has 1 aromatic carbocycles. The van der Waals surface area contributed by atoms with Crippen molar-refractivity contribution in [3.63, 3.8) is 0 Å². The SMILES string of the molecule is CC(O)CCN(C)C(=O)NC1CCCc2ccccc21. The summed E-state index contributed by atoms with van der Waals surface area (Å²) < 4.78 is 0. The molecule has 0 radical (unpaired) electrons. The van der Waals surface area contributed by atoms with Gasteiger partial charge in [-0.1, -0.05) is 24.3 Å². The summed E-state index contributed by atoms with van der Waals surface area (Å²) in [5.74, 6) is 0. The molecule has 2 N–H and O–H groups in total. The summed E-state index contributed by atoms with van der Waals surface area (Å²) in [5, 5.41) is 12.4. The molecule has 0 fully saturated rings. The summed E-state index contributed by atoms with van der Waals surface area (Å²) in [5.41, 5.74) is 2.59. The lowest BCUT2D eigenvalue weighted by molar-refractivity contribution is 0.162. The minimum atomic E-state index is -0.374. The van der Waals surface area contributed by atoms with E-state index < -0.39 is 0 Å². The molecule has 0 bridgehead atoms. The van der Waals surface area contributed by atoms with Crippen LogP contribution >= 0.6 is 0 Å². The van der Waals surface area contributed by atoms with E-state index in [1.54, 1.807) is 18.9 Å². The maximum Gasteiger partial charge on any atom is 0.317 e. The van der Waals surface area contributed by atoms with Gasteiger partial charge >= 0.3 is 6.03 Å². The van der Waals surface area contributed by atoms with Crippen LogP contribution in [0.15, 0.2) is 24.3 Å². The number of aliphatic hydroxyl groups excluding tert-OH is 1. The minimum Gasteiger partial charge on any atom is -0.393 e. The van der Waals surface area contributed by atoms with Gasteiger partial charge in [-0.3, -0.25) is 0 Å². The monoisotopic (exact) mass is 276 g/mol. The Morgan fingerprint density at radius 1 is 1.50 bits per heavy atom. The second-order valence-corrected chi connectivity index (χ2v) is 5.65. The summed E-state index contributed by atoms with van der Waals surface area (Å²) in [6.45, 7) is 2.31. The number of nitrogens with zero attached hydrogens (tertiary/aromatic N) is 1. The molecule has 4 nitrogen and oxygen atoms in total. The lowest BCUT2D eigenvalue weighted by Gasteiger charge is -2.28. The average molecular weight is 276 g/mol. The zero-order valence-electron chi connectivity index (χ0n) is 12.3. The van der Waals surface area contributed by atoms with Gasteiger partial charge in [-0.15, -0.1) is 0 Å². The van der Waals surface area contributed by atoms with Gasteiger partial charge in [0.25, 0.3) is 0 Å². The second kappa shape index (κ2) is 6.75. The zero-order valence-corrected chi connectivity index (χ0v) is 12.3. The van der Waals surface area contributed by atoms with Crippen molar-refractivity contribution < 1.29 is 9.90 Å². The van der Waals surface area contributed by atoms with Crippen molar-refractivity contribution in [3.8, 4) is 0 Å². The van der Waals surface area contributed by atoms with Crippen molar-refractivity contribution in [1.29, 1.82) is 0 Å². The molecule has 0 saturated carbocycles. The molecule has 0 aliphatic heterocycles. The van der Waals surface area contributed by atoms with Gasteiger partial charge in [0.05, 0.1) is 12.1 Å². The quantitative estimate of drug-likeness (QED) is 0.887. The standard InChI is InChI=1S/C16H24N2O2/c1-12(19)10-11-18(2)16(20)17-15-9-5-7-13-6-3-4-8-14(13)15/h3-4,6,8,12,15,19H,5,7,9-11H2,1-2H3,(H,17,20). The van der Waals surface area contributed by atoms with Crippen LogP contribution in [0, 0.1) is 0 Å². The van der Waals surface area contributed by atoms with E-state index in [1.807, 2.05) is 6.07 Å². The smallest absolute Gasteiger partial charge is 0.317 e. The first kappa shape index (κ1) is 14.9. The fraction of sp³-hybridized carbons (Fsp3) is 0.562. The van der Waals surface area contributed by atoms with Crippen LogP contribution < -0.4 is 5.32 Å². The molecule has 20 heavy (non-hydrogen) atoms. The van der Waals surface area contributed by atoms with Crippen molar-refractivity contribution in [2.24, 2.45) is 0 Å². The van der Waals surface area contributed by atoms with Gasteiger partial charge in [0.1, 0.15) is 0 Å². The van der Waals surface area contributed by atoms with Crippen molar-refractivity contribution in [3.05, 3.63) is 35.4 Å². The van der Waals surface area contributed by atoms with Gasteiger partial charge < -0.3 is 15.3 Å². The topological polar surface area (TPSA) is 52.6 Å². The number of hydrogen-bond acceptors (Lipinski definition) is 2. The van der Waals surface area contributed by atoms with Crippen molar-refractivity contribution >= 4 is 6.03 Å². The summed E-state index contributed by atoms with van der Waals surface area (Å²) in [7, 11) is 1.77. The Morgan fingerprint density at radius 3 is 3.00 bits per heavy atom. The fourth-order valence-corrected chi connectivity index (χ4v) is 2.65. The predicted octanol–water partition coefficient (Wildman–Crippen LogP) is 2.48. The van der Waals surface area contributed by atoms with E-state index >= 15 is 0 Å². The number of amides is 2. The maximum atomic E-state index is 12.2. The Kier molecular flexibility index (Phi) is 5.01. The van der Waals surface area contributed by atoms with Crippen LogP contribution in [0.2, 0.25) is 0 Å². The predicted molar refractivity (Wildman–Crippen MR) is 79.6 cm³/mol. The van der Waals surface area contributed by atoms with Crippen molar-refractivity contribution in [1.82, 2.24) is 10.2 Å². The molecule has 2 atom stereocenters. The van der Waals surface area contributed by atoms with Crippen LogP contribution in [0.1, 0.15) is 43.4 Å². The first-order valence-electron chi connectivity index (χ1n) is 7.35. The maximum absolute atomic E-state index is 12.2. The summed E-state index contributed by atoms with van der Waals surface area (Å²) in [6, 6.07) is 8.38. The average Bonchev–Trinajstić information content (AvgIpc) is 2.45. The van der Waals surface area contributed by atoms with E-state index in [-0.39, 0.29) is 18.2 Å². The lowest BCUT2D eigenvalue weighted by Crippen LogP contribution is -2.41. The van der Waals surface area contributed by atoms with E-state index in [0.717, 1.165) is 19.3 Å². The molecule has 0 spiro atoms. The van der Waals surface area contributed by atoms with E-state index in [1.165, 1.54) is 11.1 Å². The Labute approximate surface area is 120 Å². The van der Waals surface area contributed by atoms with Crippen LogP contribution in [0.3, 0.4) is 0 Å². The zero-order chi connectivity index (χ0) is 14.5. The van der Waals surface area contributed by atoms with Gasteiger partial charge in [0.2, 0.25) is 0 Å². The highest BCUT2D eigenvalue weighted by Gasteiger charge is 2.22. The molecule has 4 heteroatoms. The lowest BCUT2D eigenvalue weighted by atomic mass is 9.88. The van der Waals surface area contributed by atoms with E-state index in [4.69, 9.17) is 0 Å². The number of nitrogens with one attached hydrogen (secondary N) is 1. The number of fused-ring (bicyclic) bond motifs is 1. The highest BCUT2D eigenvalue weighted by atomic mass is 16.3. The van der Waals surface area contributed by atoms with Gasteiger partial charge in [-0.05, 0) is 43.7 Å². The first-order chi connectivity index (χ1) is 9.58. The molecule has 110 valence electrons. The molecule has 0 aromatic heterocycles. The molecule has 2 amide bonds. The molecular formula is C16H24N2O2. The van der Waals surface area contributed by atoms with Crippen molar-refractivity contribution in [2.45, 2.75) is 44.8 Å². The molecule has 0 saturated heterocycles. The number of rotatable bonds is 4. The normalized spacial score (nSPS) is 19.1. The second-order valence-electron chi connectivity index (χ2n) is 5.65. The van der Waals surface area contributed by atoms with Crippen LogP contribution in [-0.4, -0.2) is 35.7 Å². The highest BCUT2D eigenvalue weighted by molar-refractivity contribution is 5.74. The molecule has 0 heterocycles. The number of carbonyl (C=O) groups is 1. The van der Waals surface area contributed by atoms with Gasteiger partial charge in [-0.25, -0.2) is 4.79 Å². The van der Waals surface area contributed by atoms with Crippen LogP contribution in [0.5, 0.6) is 0 Å². The van der Waals surface area contributed by atoms with Gasteiger partial charge in [-0.2, -0.15) is 0 Å². The third-order valence-electron chi connectivity index (χ3n) is 3.90. The number of aliphatic hydroxyl groups is 1. The van der Waals surface area contributed by atoms with E-state index in [9.17, 15) is 9.90 Å². The molecule has 1 aliphatic rings. The number of hydrogen-bond donors (Lipinski definition) is 2. The largest absolute Gasteiger partial charge is 0.393 e. The summed E-state index contributed by atoms with van der Waals surface area (Å²) >= 11 is 0. The Hall–Kier alpha value is -1.55. The van der Waals surface area contributed by atoms with Crippen LogP contribution in [-0.2, 0) is 6.42 Å². The minimum absolute atomic E-state index is 0.0626. The van der Waals surface area contributed by atoms with Gasteiger partial charge in [0, 0.05) is 13.6 Å². The summed E-state index contributed by atoms with van der Waals surface area (Å²) in [4.78, 5) is 13.8. The number of carbonyl (C=O) groups excluding carboxylic acids is 1. The molecule has 2 rings (SSSR count). The van der Waals surface area contributed by atoms with Crippen LogP contribution in [0.4, 0.5) is 4.79 Å². The van der Waals surface area contributed by atoms with E-state index in [2.05, 4.69) is 23.5 Å². The Morgan fingerprint density at radius 2 is 2.25 bits per heavy atom. The first-order valence-corrected chi connectivity index (χ1v) is 7.35. The number of urea groups is 1. The van der Waals surface area contributed by atoms with E-state index in [0.29, 0.717) is 13.0 Å². The van der Waals surface area contributed by atoms with Gasteiger partial charge in [0.15, 0.2) is 0 Å². The number of benzene rings is 1. The summed E-state index contributed by atoms with van der Waals surface area (Å²) in [6.07, 6.45) is 3.43. The molecule has 1 aromatic rings. The fourth-order valence-electron chi connectivity index (χ4n) is 2.65. The molecule has 2 unspecified atom stereocenters. The van der Waals surface area contributed by atoms with Crippen LogP contribution in [0.25, 0.3) is 0 Å². The Balaban J connectivity index is 1.95. The highest BCUT2D eigenvalue weighted by Crippen LogP contribution is 2.29. The third-order valence-corrected chi connectivity index (χ3v) is 3.90. The number of aryl methyl sites for hydroxylation is 1. The molecule has 1 aliphatic carbocycles.